The molecule has 0 saturated carbocycles. The van der Waals surface area contributed by atoms with Crippen molar-refractivity contribution >= 4 is 29.3 Å². The molecule has 0 spiro atoms. The van der Waals surface area contributed by atoms with Gasteiger partial charge in [0.25, 0.3) is 5.91 Å². The first-order valence-electron chi connectivity index (χ1n) is 5.28. The van der Waals surface area contributed by atoms with Crippen LogP contribution in [0.4, 0.5) is 0 Å². The Balaban J connectivity index is 2.24. The zero-order chi connectivity index (χ0) is 11.8. The maximum absolute atomic E-state index is 11.5. The Hall–Kier alpha value is -0.610. The SMILES string of the molecule is CCCSCCNC(=O)c1ccc(CCl)o1. The molecular formula is C11H16ClNO2S. The predicted octanol–water partition coefficient (Wildman–Crippen LogP) is 2.89. The van der Waals surface area contributed by atoms with Crippen molar-refractivity contribution in [2.24, 2.45) is 0 Å². The first-order valence-corrected chi connectivity index (χ1v) is 6.97. The summed E-state index contributed by atoms with van der Waals surface area (Å²) in [5.41, 5.74) is 0. The van der Waals surface area contributed by atoms with E-state index in [0.717, 1.165) is 17.9 Å². The van der Waals surface area contributed by atoms with Crippen molar-refractivity contribution < 1.29 is 9.21 Å². The highest BCUT2D eigenvalue weighted by Crippen LogP contribution is 2.09. The molecule has 1 aromatic rings. The topological polar surface area (TPSA) is 42.2 Å². The second kappa shape index (κ2) is 7.63. The van der Waals surface area contributed by atoms with Crippen molar-refractivity contribution in [3.05, 3.63) is 23.7 Å². The van der Waals surface area contributed by atoms with E-state index in [9.17, 15) is 4.79 Å². The average molecular weight is 262 g/mol. The van der Waals surface area contributed by atoms with Gasteiger partial charge in [-0.05, 0) is 24.3 Å². The number of hydrogen-bond acceptors (Lipinski definition) is 3. The maximum Gasteiger partial charge on any atom is 0.287 e. The average Bonchev–Trinajstić information content (AvgIpc) is 2.77. The lowest BCUT2D eigenvalue weighted by Gasteiger charge is -2.02. The minimum atomic E-state index is -0.173. The Morgan fingerprint density at radius 3 is 2.94 bits per heavy atom. The van der Waals surface area contributed by atoms with Crippen molar-refractivity contribution in [3.8, 4) is 0 Å². The van der Waals surface area contributed by atoms with E-state index in [1.807, 2.05) is 11.8 Å². The van der Waals surface area contributed by atoms with E-state index in [2.05, 4.69) is 12.2 Å². The predicted molar refractivity (Wildman–Crippen MR) is 68.2 cm³/mol. The Morgan fingerprint density at radius 1 is 1.50 bits per heavy atom. The quantitative estimate of drug-likeness (QED) is 0.606. The van der Waals surface area contributed by atoms with Crippen LogP contribution in [-0.4, -0.2) is 24.0 Å². The third kappa shape index (κ3) is 4.49. The summed E-state index contributed by atoms with van der Waals surface area (Å²) in [5.74, 6) is 3.13. The smallest absolute Gasteiger partial charge is 0.287 e. The molecule has 5 heteroatoms. The fourth-order valence-electron chi connectivity index (χ4n) is 1.14. The molecule has 0 aliphatic heterocycles. The van der Waals surface area contributed by atoms with E-state index < -0.39 is 0 Å². The summed E-state index contributed by atoms with van der Waals surface area (Å²) in [4.78, 5) is 11.5. The number of nitrogens with one attached hydrogen (secondary N) is 1. The summed E-state index contributed by atoms with van der Waals surface area (Å²) in [7, 11) is 0. The third-order valence-electron chi connectivity index (χ3n) is 1.90. The van der Waals surface area contributed by atoms with Crippen LogP contribution in [0.1, 0.15) is 29.7 Å². The highest BCUT2D eigenvalue weighted by molar-refractivity contribution is 7.99. The number of alkyl halides is 1. The lowest BCUT2D eigenvalue weighted by atomic mass is 10.4. The highest BCUT2D eigenvalue weighted by Gasteiger charge is 2.09. The van der Waals surface area contributed by atoms with Gasteiger partial charge in [0.15, 0.2) is 5.76 Å². The normalized spacial score (nSPS) is 10.4. The molecule has 0 unspecified atom stereocenters. The van der Waals surface area contributed by atoms with Crippen molar-refractivity contribution in [1.29, 1.82) is 0 Å². The molecule has 0 bridgehead atoms. The van der Waals surface area contributed by atoms with Crippen LogP contribution in [0.5, 0.6) is 0 Å². The summed E-state index contributed by atoms with van der Waals surface area (Å²) in [6, 6.07) is 3.36. The molecule has 90 valence electrons. The van der Waals surface area contributed by atoms with Crippen molar-refractivity contribution in [2.45, 2.75) is 19.2 Å². The van der Waals surface area contributed by atoms with Crippen LogP contribution in [0.25, 0.3) is 0 Å². The van der Waals surface area contributed by atoms with Gasteiger partial charge in [-0.1, -0.05) is 6.92 Å². The number of thioether (sulfide) groups is 1. The van der Waals surface area contributed by atoms with Gasteiger partial charge >= 0.3 is 0 Å². The number of furan rings is 1. The molecule has 1 aromatic heterocycles. The maximum atomic E-state index is 11.5. The summed E-state index contributed by atoms with van der Waals surface area (Å²) < 4.78 is 5.22. The number of amides is 1. The van der Waals surface area contributed by atoms with Crippen molar-refractivity contribution in [2.75, 3.05) is 18.1 Å². The number of halogens is 1. The number of hydrogen-bond donors (Lipinski definition) is 1. The van der Waals surface area contributed by atoms with E-state index >= 15 is 0 Å². The standard InChI is InChI=1S/C11H16ClNO2S/c1-2-6-16-7-5-13-11(14)10-4-3-9(8-12)15-10/h3-4H,2,5-8H2,1H3,(H,13,14). The summed E-state index contributed by atoms with van der Waals surface area (Å²) >= 11 is 7.41. The fourth-order valence-corrected chi connectivity index (χ4v) is 2.02. The van der Waals surface area contributed by atoms with Gasteiger partial charge in [-0.2, -0.15) is 11.8 Å². The van der Waals surface area contributed by atoms with Crippen LogP contribution in [0, 0.1) is 0 Å². The Labute approximate surface area is 105 Å². The van der Waals surface area contributed by atoms with Gasteiger partial charge in [0.05, 0.1) is 5.88 Å². The van der Waals surface area contributed by atoms with Crippen molar-refractivity contribution in [3.63, 3.8) is 0 Å². The number of carbonyl (C=O) groups excluding carboxylic acids is 1. The van der Waals surface area contributed by atoms with Gasteiger partial charge in [0.1, 0.15) is 5.76 Å². The largest absolute Gasteiger partial charge is 0.455 e. The minimum absolute atomic E-state index is 0.173. The van der Waals surface area contributed by atoms with E-state index in [-0.39, 0.29) is 5.91 Å². The van der Waals surface area contributed by atoms with Gasteiger partial charge in [-0.3, -0.25) is 4.79 Å². The van der Waals surface area contributed by atoms with Crippen molar-refractivity contribution in [1.82, 2.24) is 5.32 Å². The minimum Gasteiger partial charge on any atom is -0.455 e. The van der Waals surface area contributed by atoms with Gasteiger partial charge < -0.3 is 9.73 Å². The molecule has 1 amide bonds. The zero-order valence-electron chi connectivity index (χ0n) is 9.29. The third-order valence-corrected chi connectivity index (χ3v) is 3.35. The molecule has 0 aliphatic carbocycles. The first-order chi connectivity index (χ1) is 7.77. The van der Waals surface area contributed by atoms with Crippen LogP contribution in [0.2, 0.25) is 0 Å². The monoisotopic (exact) mass is 261 g/mol. The highest BCUT2D eigenvalue weighted by atomic mass is 35.5. The van der Waals surface area contributed by atoms with Crippen LogP contribution in [0.3, 0.4) is 0 Å². The van der Waals surface area contributed by atoms with E-state index in [0.29, 0.717) is 23.9 Å². The van der Waals surface area contributed by atoms with Crippen LogP contribution >= 0.6 is 23.4 Å². The van der Waals surface area contributed by atoms with Gasteiger partial charge in [0.2, 0.25) is 0 Å². The van der Waals surface area contributed by atoms with Crippen LogP contribution in [0.15, 0.2) is 16.5 Å². The van der Waals surface area contributed by atoms with E-state index in [1.54, 1.807) is 12.1 Å². The lowest BCUT2D eigenvalue weighted by molar-refractivity contribution is 0.0927. The lowest BCUT2D eigenvalue weighted by Crippen LogP contribution is -2.25. The molecule has 16 heavy (non-hydrogen) atoms. The molecule has 0 saturated heterocycles. The van der Waals surface area contributed by atoms with Gasteiger partial charge in [-0.15, -0.1) is 11.6 Å². The Kier molecular flexibility index (Phi) is 6.42. The van der Waals surface area contributed by atoms with Crippen LogP contribution < -0.4 is 5.32 Å². The van der Waals surface area contributed by atoms with Gasteiger partial charge in [-0.25, -0.2) is 0 Å². The Bertz CT molecular complexity index is 328. The zero-order valence-corrected chi connectivity index (χ0v) is 10.9. The molecule has 1 rings (SSSR count). The summed E-state index contributed by atoms with van der Waals surface area (Å²) in [6.45, 7) is 2.81. The fraction of sp³-hybridized carbons (Fsp3) is 0.545. The van der Waals surface area contributed by atoms with E-state index in [1.165, 1.54) is 0 Å². The molecule has 1 heterocycles. The molecule has 0 aliphatic rings. The molecule has 3 nitrogen and oxygen atoms in total. The summed E-state index contributed by atoms with van der Waals surface area (Å²) in [5, 5.41) is 2.80. The Morgan fingerprint density at radius 2 is 2.31 bits per heavy atom. The first kappa shape index (κ1) is 13.5. The van der Waals surface area contributed by atoms with E-state index in [4.69, 9.17) is 16.0 Å². The van der Waals surface area contributed by atoms with Crippen LogP contribution in [-0.2, 0) is 5.88 Å². The molecule has 0 atom stereocenters. The molecule has 0 radical (unpaired) electrons. The summed E-state index contributed by atoms with van der Waals surface area (Å²) in [6.07, 6.45) is 1.16. The van der Waals surface area contributed by atoms with Gasteiger partial charge in [0, 0.05) is 12.3 Å². The number of rotatable bonds is 7. The molecule has 0 fully saturated rings. The number of carbonyl (C=O) groups is 1. The molecular weight excluding hydrogens is 246 g/mol. The second-order valence-electron chi connectivity index (χ2n) is 3.27. The second-order valence-corrected chi connectivity index (χ2v) is 4.76. The molecule has 0 aromatic carbocycles. The molecule has 1 N–H and O–H groups in total.